The summed E-state index contributed by atoms with van der Waals surface area (Å²) in [6, 6.07) is -0.611. The number of hydrogen-bond acceptors (Lipinski definition) is 2. The zero-order valence-electron chi connectivity index (χ0n) is 4.88. The molecule has 52 valence electrons. The van der Waals surface area contributed by atoms with E-state index in [1.54, 1.807) is 6.08 Å². The van der Waals surface area contributed by atoms with Gasteiger partial charge in [-0.2, -0.15) is 0 Å². The van der Waals surface area contributed by atoms with Gasteiger partial charge in [0.05, 0.1) is 6.04 Å². The number of primary amides is 1. The van der Waals surface area contributed by atoms with Gasteiger partial charge in [0.2, 0.25) is 5.91 Å². The van der Waals surface area contributed by atoms with Gasteiger partial charge in [0.1, 0.15) is 0 Å². The summed E-state index contributed by atoms with van der Waals surface area (Å²) in [6.07, 6.45) is 1.98. The van der Waals surface area contributed by atoms with E-state index in [0.29, 0.717) is 6.42 Å². The van der Waals surface area contributed by atoms with Gasteiger partial charge in [-0.05, 0) is 6.42 Å². The molecule has 9 heavy (non-hydrogen) atoms. The zero-order valence-corrected chi connectivity index (χ0v) is 5.64. The number of amides is 1. The van der Waals surface area contributed by atoms with E-state index in [4.69, 9.17) is 23.1 Å². The third-order valence-corrected chi connectivity index (χ3v) is 1.02. The predicted molar refractivity (Wildman–Crippen MR) is 36.8 cm³/mol. The van der Waals surface area contributed by atoms with Crippen molar-refractivity contribution in [2.24, 2.45) is 11.5 Å². The molecule has 0 spiro atoms. The van der Waals surface area contributed by atoms with Gasteiger partial charge in [-0.25, -0.2) is 0 Å². The van der Waals surface area contributed by atoms with Crippen LogP contribution in [-0.4, -0.2) is 11.9 Å². The van der Waals surface area contributed by atoms with Gasteiger partial charge in [0.25, 0.3) is 0 Å². The second-order valence-electron chi connectivity index (χ2n) is 1.61. The Balaban J connectivity index is 3.50. The van der Waals surface area contributed by atoms with Crippen LogP contribution in [-0.2, 0) is 4.79 Å². The normalized spacial score (nSPS) is 14.0. The minimum Gasteiger partial charge on any atom is -0.368 e. The molecule has 0 radical (unpaired) electrons. The molecule has 3 nitrogen and oxygen atoms in total. The topological polar surface area (TPSA) is 69.1 Å². The molecule has 4 N–H and O–H groups in total. The summed E-state index contributed by atoms with van der Waals surface area (Å²) in [6.45, 7) is 0. The smallest absolute Gasteiger partial charge is 0.234 e. The average Bonchev–Trinajstić information content (AvgIpc) is 1.82. The Hall–Kier alpha value is -0.540. The molecule has 1 unspecified atom stereocenters. The van der Waals surface area contributed by atoms with Gasteiger partial charge in [-0.15, -0.1) is 0 Å². The van der Waals surface area contributed by atoms with Crippen LogP contribution in [0.25, 0.3) is 0 Å². The van der Waals surface area contributed by atoms with Crippen molar-refractivity contribution in [3.05, 3.63) is 11.6 Å². The lowest BCUT2D eigenvalue weighted by molar-refractivity contribution is -0.119. The molecular weight excluding hydrogens is 140 g/mol. The van der Waals surface area contributed by atoms with E-state index in [0.717, 1.165) is 0 Å². The first kappa shape index (κ1) is 8.46. The van der Waals surface area contributed by atoms with Crippen LogP contribution in [0.15, 0.2) is 11.6 Å². The van der Waals surface area contributed by atoms with Crippen molar-refractivity contribution >= 4 is 17.5 Å². The predicted octanol–water partition coefficient (Wildman–Crippen LogP) is -0.0584. The molecule has 0 heterocycles. The van der Waals surface area contributed by atoms with Gasteiger partial charge in [0.15, 0.2) is 0 Å². The second-order valence-corrected chi connectivity index (χ2v) is 1.86. The number of nitrogens with two attached hydrogens (primary N) is 2. The van der Waals surface area contributed by atoms with Crippen LogP contribution in [0.4, 0.5) is 0 Å². The molecule has 0 aliphatic rings. The van der Waals surface area contributed by atoms with Crippen molar-refractivity contribution in [1.29, 1.82) is 0 Å². The lowest BCUT2D eigenvalue weighted by Crippen LogP contribution is -2.35. The van der Waals surface area contributed by atoms with Crippen molar-refractivity contribution < 1.29 is 4.79 Å². The van der Waals surface area contributed by atoms with Crippen molar-refractivity contribution in [1.82, 2.24) is 0 Å². The lowest BCUT2D eigenvalue weighted by atomic mass is 10.2. The Kier molecular flexibility index (Phi) is 4.09. The Labute approximate surface area is 58.7 Å². The van der Waals surface area contributed by atoms with Crippen LogP contribution in [0.1, 0.15) is 6.42 Å². The number of halogens is 1. The Bertz CT molecular complexity index is 124. The maximum atomic E-state index is 10.2. The fourth-order valence-electron chi connectivity index (χ4n) is 0.314. The van der Waals surface area contributed by atoms with Crippen LogP contribution in [0, 0.1) is 0 Å². The molecule has 0 saturated heterocycles. The summed E-state index contributed by atoms with van der Waals surface area (Å²) in [5.74, 6) is -0.509. The van der Waals surface area contributed by atoms with Crippen LogP contribution in [0.5, 0.6) is 0 Å². The van der Waals surface area contributed by atoms with Crippen LogP contribution >= 0.6 is 11.6 Å². The number of hydrogen-bond donors (Lipinski definition) is 2. The van der Waals surface area contributed by atoms with Crippen molar-refractivity contribution in [3.8, 4) is 0 Å². The molecule has 0 saturated carbocycles. The molecule has 0 aromatic heterocycles. The molecule has 0 rings (SSSR count). The maximum absolute atomic E-state index is 10.2. The zero-order chi connectivity index (χ0) is 7.28. The third-order valence-electron chi connectivity index (χ3n) is 0.845. The molecule has 0 aliphatic carbocycles. The van der Waals surface area contributed by atoms with Gasteiger partial charge in [0, 0.05) is 5.54 Å². The number of carbonyl (C=O) groups excluding carboxylic acids is 1. The summed E-state index contributed by atoms with van der Waals surface area (Å²) in [4.78, 5) is 10.2. The first-order valence-corrected chi connectivity index (χ1v) is 2.92. The monoisotopic (exact) mass is 148 g/mol. The van der Waals surface area contributed by atoms with Crippen LogP contribution < -0.4 is 11.5 Å². The standard InChI is InChI=1S/C5H9ClN2O/c6-3-1-2-4(7)5(8)9/h1,3-4H,2,7H2,(H2,8,9)/b3-1+. The Morgan fingerprint density at radius 2 is 2.33 bits per heavy atom. The molecule has 0 fully saturated rings. The molecule has 0 aromatic rings. The maximum Gasteiger partial charge on any atom is 0.234 e. The van der Waals surface area contributed by atoms with Gasteiger partial charge in [-0.3, -0.25) is 4.79 Å². The van der Waals surface area contributed by atoms with Gasteiger partial charge < -0.3 is 11.5 Å². The Morgan fingerprint density at radius 1 is 1.78 bits per heavy atom. The number of carbonyl (C=O) groups is 1. The summed E-state index contributed by atoms with van der Waals surface area (Å²) < 4.78 is 0. The van der Waals surface area contributed by atoms with E-state index < -0.39 is 11.9 Å². The highest BCUT2D eigenvalue weighted by Crippen LogP contribution is 1.89. The second kappa shape index (κ2) is 4.35. The van der Waals surface area contributed by atoms with Gasteiger partial charge in [-0.1, -0.05) is 17.7 Å². The number of rotatable bonds is 3. The summed E-state index contributed by atoms with van der Waals surface area (Å²) in [5, 5.41) is 0. The van der Waals surface area contributed by atoms with E-state index in [1.165, 1.54) is 5.54 Å². The van der Waals surface area contributed by atoms with E-state index in [1.807, 2.05) is 0 Å². The van der Waals surface area contributed by atoms with E-state index in [2.05, 4.69) is 0 Å². The fourth-order valence-corrected chi connectivity index (χ4v) is 0.417. The molecule has 0 bridgehead atoms. The lowest BCUT2D eigenvalue weighted by Gasteiger charge is -2.00. The van der Waals surface area contributed by atoms with Crippen molar-refractivity contribution in [2.45, 2.75) is 12.5 Å². The van der Waals surface area contributed by atoms with E-state index in [9.17, 15) is 4.79 Å². The first-order chi connectivity index (χ1) is 4.18. The van der Waals surface area contributed by atoms with Gasteiger partial charge >= 0.3 is 0 Å². The largest absolute Gasteiger partial charge is 0.368 e. The minimum absolute atomic E-state index is 0.402. The average molecular weight is 149 g/mol. The molecule has 0 aromatic carbocycles. The van der Waals surface area contributed by atoms with Crippen LogP contribution in [0.3, 0.4) is 0 Å². The van der Waals surface area contributed by atoms with Crippen molar-refractivity contribution in [2.75, 3.05) is 0 Å². The fraction of sp³-hybridized carbons (Fsp3) is 0.400. The molecular formula is C5H9ClN2O. The highest BCUT2D eigenvalue weighted by Gasteiger charge is 2.04. The molecule has 4 heteroatoms. The summed E-state index contributed by atoms with van der Waals surface area (Å²) in [5.41, 5.74) is 11.4. The Morgan fingerprint density at radius 3 is 2.67 bits per heavy atom. The van der Waals surface area contributed by atoms with Crippen molar-refractivity contribution in [3.63, 3.8) is 0 Å². The van der Waals surface area contributed by atoms with E-state index >= 15 is 0 Å². The first-order valence-electron chi connectivity index (χ1n) is 2.48. The summed E-state index contributed by atoms with van der Waals surface area (Å²) >= 11 is 5.16. The molecule has 1 atom stereocenters. The quantitative estimate of drug-likeness (QED) is 0.589. The molecule has 1 amide bonds. The SMILES string of the molecule is NC(=O)C(N)C/C=C/Cl. The summed E-state index contributed by atoms with van der Waals surface area (Å²) in [7, 11) is 0. The molecule has 0 aliphatic heterocycles. The minimum atomic E-state index is -0.611. The third kappa shape index (κ3) is 4.00. The highest BCUT2D eigenvalue weighted by atomic mass is 35.5. The van der Waals surface area contributed by atoms with Crippen LogP contribution in [0.2, 0.25) is 0 Å². The highest BCUT2D eigenvalue weighted by molar-refractivity contribution is 6.25. The van der Waals surface area contributed by atoms with E-state index in [-0.39, 0.29) is 0 Å².